The maximum Gasteiger partial charge on any atom is 0.312 e. The SMILES string of the molecule is Nc1ccc(CC(C(=O)O)c2cn(CCn3cccc3)cn2)cn1. The Morgan fingerprint density at radius 1 is 1.17 bits per heavy atom. The number of aliphatic carboxylic acids is 1. The molecule has 0 saturated heterocycles. The molecule has 0 saturated carbocycles. The van der Waals surface area contributed by atoms with Crippen molar-refractivity contribution in [2.45, 2.75) is 25.4 Å². The van der Waals surface area contributed by atoms with E-state index in [1.165, 1.54) is 0 Å². The highest BCUT2D eigenvalue weighted by Gasteiger charge is 2.23. The van der Waals surface area contributed by atoms with Crippen molar-refractivity contribution in [3.8, 4) is 0 Å². The standard InChI is InChI=1S/C17H19N5O2/c18-16-4-3-13(10-19-16)9-14(17(23)24)15-11-22(12-20-15)8-7-21-5-1-2-6-21/h1-6,10-12,14H,7-9H2,(H2,18,19)(H,23,24). The Balaban J connectivity index is 1.69. The van der Waals surface area contributed by atoms with E-state index in [4.69, 9.17) is 5.73 Å². The number of aromatic nitrogens is 4. The van der Waals surface area contributed by atoms with Gasteiger partial charge in [0.25, 0.3) is 0 Å². The third-order valence-electron chi connectivity index (χ3n) is 3.88. The minimum absolute atomic E-state index is 0.331. The van der Waals surface area contributed by atoms with Crippen LogP contribution in [0.2, 0.25) is 0 Å². The quantitative estimate of drug-likeness (QED) is 0.690. The lowest BCUT2D eigenvalue weighted by atomic mass is 9.98. The molecule has 0 aliphatic heterocycles. The van der Waals surface area contributed by atoms with Crippen LogP contribution in [0, 0.1) is 0 Å². The smallest absolute Gasteiger partial charge is 0.312 e. The Morgan fingerprint density at radius 3 is 2.58 bits per heavy atom. The van der Waals surface area contributed by atoms with Gasteiger partial charge in [0, 0.05) is 37.9 Å². The third-order valence-corrected chi connectivity index (χ3v) is 3.88. The molecule has 0 aromatic carbocycles. The fourth-order valence-electron chi connectivity index (χ4n) is 2.54. The molecule has 0 amide bonds. The van der Waals surface area contributed by atoms with Crippen molar-refractivity contribution in [1.82, 2.24) is 19.1 Å². The molecule has 1 unspecified atom stereocenters. The highest BCUT2D eigenvalue weighted by Crippen LogP contribution is 2.20. The number of pyridine rings is 1. The van der Waals surface area contributed by atoms with Crippen molar-refractivity contribution in [3.63, 3.8) is 0 Å². The molecule has 3 rings (SSSR count). The minimum Gasteiger partial charge on any atom is -0.481 e. The van der Waals surface area contributed by atoms with E-state index in [1.54, 1.807) is 30.9 Å². The van der Waals surface area contributed by atoms with E-state index in [-0.39, 0.29) is 0 Å². The van der Waals surface area contributed by atoms with Gasteiger partial charge in [-0.1, -0.05) is 6.07 Å². The van der Waals surface area contributed by atoms with Gasteiger partial charge in [0.15, 0.2) is 0 Å². The Morgan fingerprint density at radius 2 is 1.92 bits per heavy atom. The number of nitrogens with zero attached hydrogens (tertiary/aromatic N) is 4. The molecule has 0 bridgehead atoms. The average Bonchev–Trinajstić information content (AvgIpc) is 3.23. The number of anilines is 1. The Bertz CT molecular complexity index is 793. The number of rotatable bonds is 7. The molecule has 0 aliphatic rings. The van der Waals surface area contributed by atoms with Crippen molar-refractivity contribution in [1.29, 1.82) is 0 Å². The summed E-state index contributed by atoms with van der Waals surface area (Å²) < 4.78 is 3.97. The molecule has 7 heteroatoms. The van der Waals surface area contributed by atoms with Crippen LogP contribution in [0.1, 0.15) is 17.2 Å². The number of carboxylic acid groups (broad SMARTS) is 1. The van der Waals surface area contributed by atoms with E-state index >= 15 is 0 Å². The molecule has 124 valence electrons. The van der Waals surface area contributed by atoms with Gasteiger partial charge in [0.05, 0.1) is 12.0 Å². The normalized spacial score (nSPS) is 12.2. The second-order valence-electron chi connectivity index (χ2n) is 5.64. The van der Waals surface area contributed by atoms with E-state index in [2.05, 4.69) is 14.5 Å². The summed E-state index contributed by atoms with van der Waals surface area (Å²) in [7, 11) is 0. The zero-order valence-corrected chi connectivity index (χ0v) is 13.1. The van der Waals surface area contributed by atoms with Gasteiger partial charge in [-0.05, 0) is 30.2 Å². The summed E-state index contributed by atoms with van der Waals surface area (Å²) in [6.45, 7) is 1.54. The number of carbonyl (C=O) groups is 1. The minimum atomic E-state index is -0.900. The fourth-order valence-corrected chi connectivity index (χ4v) is 2.54. The number of nitrogens with two attached hydrogens (primary N) is 1. The first kappa shape index (κ1) is 15.8. The van der Waals surface area contributed by atoms with Gasteiger partial charge in [-0.15, -0.1) is 0 Å². The molecule has 7 nitrogen and oxygen atoms in total. The van der Waals surface area contributed by atoms with Crippen molar-refractivity contribution in [2.24, 2.45) is 0 Å². The predicted octanol–water partition coefficient (Wildman–Crippen LogP) is 1.77. The van der Waals surface area contributed by atoms with Crippen LogP contribution in [0.4, 0.5) is 5.82 Å². The summed E-state index contributed by atoms with van der Waals surface area (Å²) in [5.74, 6) is -1.19. The van der Waals surface area contributed by atoms with Gasteiger partial charge in [0.1, 0.15) is 11.7 Å². The van der Waals surface area contributed by atoms with Crippen molar-refractivity contribution in [3.05, 3.63) is 66.6 Å². The molecular weight excluding hydrogens is 306 g/mol. The number of hydrogen-bond acceptors (Lipinski definition) is 4. The van der Waals surface area contributed by atoms with Crippen LogP contribution in [0.3, 0.4) is 0 Å². The number of carboxylic acids is 1. The zero-order chi connectivity index (χ0) is 16.9. The molecular formula is C17H19N5O2. The van der Waals surface area contributed by atoms with Gasteiger partial charge in [0.2, 0.25) is 0 Å². The van der Waals surface area contributed by atoms with E-state index in [1.807, 2.05) is 29.1 Å². The molecule has 3 aromatic heterocycles. The van der Waals surface area contributed by atoms with Gasteiger partial charge in [-0.2, -0.15) is 0 Å². The molecule has 24 heavy (non-hydrogen) atoms. The van der Waals surface area contributed by atoms with Crippen LogP contribution in [0.25, 0.3) is 0 Å². The van der Waals surface area contributed by atoms with Crippen molar-refractivity contribution >= 4 is 11.8 Å². The second kappa shape index (κ2) is 6.99. The van der Waals surface area contributed by atoms with Crippen LogP contribution in [0.5, 0.6) is 0 Å². The summed E-state index contributed by atoms with van der Waals surface area (Å²) in [4.78, 5) is 19.9. The topological polar surface area (TPSA) is 99.0 Å². The van der Waals surface area contributed by atoms with Gasteiger partial charge < -0.3 is 20.0 Å². The van der Waals surface area contributed by atoms with Crippen LogP contribution >= 0.6 is 0 Å². The number of nitrogen functional groups attached to an aromatic ring is 1. The van der Waals surface area contributed by atoms with Crippen LogP contribution in [-0.2, 0) is 24.3 Å². The molecule has 0 spiro atoms. The molecule has 3 N–H and O–H groups in total. The van der Waals surface area contributed by atoms with E-state index in [9.17, 15) is 9.90 Å². The third kappa shape index (κ3) is 3.81. The Kier molecular flexibility index (Phi) is 4.60. The first-order valence-corrected chi connectivity index (χ1v) is 7.67. The highest BCUT2D eigenvalue weighted by molar-refractivity contribution is 5.75. The van der Waals surface area contributed by atoms with E-state index in [0.717, 1.165) is 18.7 Å². The van der Waals surface area contributed by atoms with Gasteiger partial charge in [-0.3, -0.25) is 4.79 Å². The fraction of sp³-hybridized carbons (Fsp3) is 0.235. The first-order valence-electron chi connectivity index (χ1n) is 7.67. The number of aryl methyl sites for hydroxylation is 2. The van der Waals surface area contributed by atoms with Crippen molar-refractivity contribution in [2.75, 3.05) is 5.73 Å². The monoisotopic (exact) mass is 325 g/mol. The van der Waals surface area contributed by atoms with Crippen LogP contribution < -0.4 is 5.73 Å². The molecule has 3 heterocycles. The molecule has 0 radical (unpaired) electrons. The molecule has 3 aromatic rings. The first-order chi connectivity index (χ1) is 11.6. The second-order valence-corrected chi connectivity index (χ2v) is 5.64. The van der Waals surface area contributed by atoms with Gasteiger partial charge in [-0.25, -0.2) is 9.97 Å². The predicted molar refractivity (Wildman–Crippen MR) is 89.4 cm³/mol. The Hall–Kier alpha value is -3.09. The number of hydrogen-bond donors (Lipinski definition) is 2. The molecule has 0 fully saturated rings. The lowest BCUT2D eigenvalue weighted by Crippen LogP contribution is -2.15. The summed E-state index contributed by atoms with van der Waals surface area (Å²) >= 11 is 0. The molecule has 1 atom stereocenters. The van der Waals surface area contributed by atoms with Crippen LogP contribution in [-0.4, -0.2) is 30.2 Å². The summed E-state index contributed by atoms with van der Waals surface area (Å²) in [5.41, 5.74) is 6.93. The molecule has 0 aliphatic carbocycles. The largest absolute Gasteiger partial charge is 0.481 e. The lowest BCUT2D eigenvalue weighted by molar-refractivity contribution is -0.138. The van der Waals surface area contributed by atoms with E-state index in [0.29, 0.717) is 17.9 Å². The maximum atomic E-state index is 11.6. The lowest BCUT2D eigenvalue weighted by Gasteiger charge is -2.10. The maximum absolute atomic E-state index is 11.6. The van der Waals surface area contributed by atoms with E-state index < -0.39 is 11.9 Å². The van der Waals surface area contributed by atoms with Crippen LogP contribution in [0.15, 0.2) is 55.4 Å². The average molecular weight is 325 g/mol. The summed E-state index contributed by atoms with van der Waals surface area (Å²) in [5, 5.41) is 9.53. The summed E-state index contributed by atoms with van der Waals surface area (Å²) in [6.07, 6.45) is 9.40. The Labute approximate surface area is 139 Å². The highest BCUT2D eigenvalue weighted by atomic mass is 16.4. The summed E-state index contributed by atoms with van der Waals surface area (Å²) in [6, 6.07) is 7.41. The van der Waals surface area contributed by atoms with Crippen molar-refractivity contribution < 1.29 is 9.90 Å². The zero-order valence-electron chi connectivity index (χ0n) is 13.1. The number of imidazole rings is 1. The van der Waals surface area contributed by atoms with Gasteiger partial charge >= 0.3 is 5.97 Å².